The first-order valence-corrected chi connectivity index (χ1v) is 10.8. The minimum absolute atomic E-state index is 0.0195. The van der Waals surface area contributed by atoms with E-state index in [1.807, 2.05) is 9.80 Å². The van der Waals surface area contributed by atoms with Crippen molar-refractivity contribution in [3.63, 3.8) is 0 Å². The lowest BCUT2D eigenvalue weighted by Gasteiger charge is -2.32. The second-order valence-electron chi connectivity index (χ2n) is 9.64. The average molecular weight is 413 g/mol. The second kappa shape index (κ2) is 7.98. The molecule has 0 saturated carbocycles. The molecule has 0 radical (unpaired) electrons. The van der Waals surface area contributed by atoms with Crippen molar-refractivity contribution in [3.05, 3.63) is 30.2 Å². The zero-order valence-electron chi connectivity index (χ0n) is 18.4. The smallest absolute Gasteiger partial charge is 0.259 e. The molecule has 2 fully saturated rings. The molecule has 2 atom stereocenters. The molecular formula is C22H32N6O2. The van der Waals surface area contributed by atoms with E-state index < -0.39 is 0 Å². The zero-order valence-corrected chi connectivity index (χ0v) is 18.4. The van der Waals surface area contributed by atoms with Crippen molar-refractivity contribution in [2.75, 3.05) is 46.8 Å². The van der Waals surface area contributed by atoms with Crippen LogP contribution >= 0.6 is 0 Å². The van der Waals surface area contributed by atoms with Crippen molar-refractivity contribution in [2.45, 2.75) is 26.7 Å². The van der Waals surface area contributed by atoms with Gasteiger partial charge in [0.2, 0.25) is 5.91 Å². The molecule has 0 spiro atoms. The van der Waals surface area contributed by atoms with E-state index in [4.69, 9.17) is 0 Å². The van der Waals surface area contributed by atoms with Crippen LogP contribution < -0.4 is 0 Å². The van der Waals surface area contributed by atoms with Gasteiger partial charge in [0, 0.05) is 62.9 Å². The molecular weight excluding hydrogens is 380 g/mol. The van der Waals surface area contributed by atoms with E-state index in [0.717, 1.165) is 26.1 Å². The molecule has 30 heavy (non-hydrogen) atoms. The van der Waals surface area contributed by atoms with Gasteiger partial charge in [0.15, 0.2) is 5.65 Å². The first-order chi connectivity index (χ1) is 14.3. The van der Waals surface area contributed by atoms with Gasteiger partial charge in [0.25, 0.3) is 5.91 Å². The summed E-state index contributed by atoms with van der Waals surface area (Å²) in [5.41, 5.74) is 1.05. The van der Waals surface area contributed by atoms with Crippen molar-refractivity contribution in [3.8, 4) is 0 Å². The van der Waals surface area contributed by atoms with Crippen LogP contribution in [0, 0.1) is 17.3 Å². The molecule has 2 amide bonds. The van der Waals surface area contributed by atoms with Gasteiger partial charge in [-0.2, -0.15) is 5.10 Å². The fourth-order valence-corrected chi connectivity index (χ4v) is 5.10. The number of carbonyl (C=O) groups excluding carboxylic acids is 2. The molecule has 0 aliphatic carbocycles. The maximum absolute atomic E-state index is 13.3. The number of hydrogen-bond donors (Lipinski definition) is 0. The van der Waals surface area contributed by atoms with Gasteiger partial charge < -0.3 is 14.7 Å². The Bertz CT molecular complexity index is 939. The topological polar surface area (TPSA) is 74.0 Å². The molecule has 4 rings (SSSR count). The van der Waals surface area contributed by atoms with Gasteiger partial charge in [-0.3, -0.25) is 9.59 Å². The lowest BCUT2D eigenvalue weighted by molar-refractivity contribution is -0.131. The molecule has 162 valence electrons. The molecule has 0 N–H and O–H groups in total. The third kappa shape index (κ3) is 3.80. The number of rotatable bonds is 6. The average Bonchev–Trinajstić information content (AvgIpc) is 3.35. The van der Waals surface area contributed by atoms with Crippen LogP contribution in [0.1, 0.15) is 37.0 Å². The fraction of sp³-hybridized carbons (Fsp3) is 0.636. The van der Waals surface area contributed by atoms with Crippen molar-refractivity contribution in [2.24, 2.45) is 17.3 Å². The summed E-state index contributed by atoms with van der Waals surface area (Å²) in [6.07, 6.45) is 6.62. The highest BCUT2D eigenvalue weighted by Gasteiger charge is 2.54. The summed E-state index contributed by atoms with van der Waals surface area (Å²) >= 11 is 0. The van der Waals surface area contributed by atoms with Crippen LogP contribution in [-0.4, -0.2) is 87.9 Å². The Labute approximate surface area is 177 Å². The Morgan fingerprint density at radius 1 is 1.23 bits per heavy atom. The van der Waals surface area contributed by atoms with E-state index in [1.54, 1.807) is 29.2 Å². The van der Waals surface area contributed by atoms with Gasteiger partial charge >= 0.3 is 0 Å². The zero-order chi connectivity index (χ0) is 21.5. The summed E-state index contributed by atoms with van der Waals surface area (Å²) in [5.74, 6) is 1.05. The molecule has 4 heterocycles. The summed E-state index contributed by atoms with van der Waals surface area (Å²) in [7, 11) is 4.13. The second-order valence-corrected chi connectivity index (χ2v) is 9.64. The summed E-state index contributed by atoms with van der Waals surface area (Å²) in [5, 5.41) is 4.26. The Balaban J connectivity index is 1.52. The normalized spacial score (nSPS) is 23.7. The first-order valence-electron chi connectivity index (χ1n) is 10.8. The van der Waals surface area contributed by atoms with Crippen LogP contribution in [0.5, 0.6) is 0 Å². The molecule has 8 heteroatoms. The predicted molar refractivity (Wildman–Crippen MR) is 114 cm³/mol. The van der Waals surface area contributed by atoms with Crippen LogP contribution in [0.25, 0.3) is 5.65 Å². The summed E-state index contributed by atoms with van der Waals surface area (Å²) in [4.78, 5) is 36.6. The van der Waals surface area contributed by atoms with Gasteiger partial charge in [-0.15, -0.1) is 0 Å². The Hall–Kier alpha value is -2.48. The Kier molecular flexibility index (Phi) is 5.53. The molecule has 0 aromatic carbocycles. The minimum Gasteiger partial charge on any atom is -0.342 e. The molecule has 2 aliphatic heterocycles. The van der Waals surface area contributed by atoms with Crippen LogP contribution in [0.2, 0.25) is 0 Å². The van der Waals surface area contributed by atoms with Crippen LogP contribution in [0.3, 0.4) is 0 Å². The lowest BCUT2D eigenvalue weighted by atomic mass is 9.80. The number of hydrogen-bond acceptors (Lipinski definition) is 5. The number of likely N-dealkylation sites (tertiary alicyclic amines) is 2. The number of carbonyl (C=O) groups is 2. The van der Waals surface area contributed by atoms with Crippen LogP contribution in [0.4, 0.5) is 0 Å². The molecule has 2 aromatic heterocycles. The van der Waals surface area contributed by atoms with Crippen molar-refractivity contribution >= 4 is 17.5 Å². The van der Waals surface area contributed by atoms with E-state index >= 15 is 0 Å². The van der Waals surface area contributed by atoms with Gasteiger partial charge in [-0.25, -0.2) is 9.50 Å². The maximum Gasteiger partial charge on any atom is 0.259 e. The van der Waals surface area contributed by atoms with E-state index in [0.29, 0.717) is 42.6 Å². The minimum atomic E-state index is -0.0803. The maximum atomic E-state index is 13.3. The van der Waals surface area contributed by atoms with E-state index in [2.05, 4.69) is 42.9 Å². The summed E-state index contributed by atoms with van der Waals surface area (Å²) < 4.78 is 1.63. The molecule has 0 bridgehead atoms. The van der Waals surface area contributed by atoms with E-state index in [-0.39, 0.29) is 17.2 Å². The lowest BCUT2D eigenvalue weighted by Crippen LogP contribution is -2.43. The third-order valence-corrected chi connectivity index (χ3v) is 6.48. The predicted octanol–water partition coefficient (Wildman–Crippen LogP) is 1.63. The van der Waals surface area contributed by atoms with Crippen molar-refractivity contribution in [1.29, 1.82) is 0 Å². The first kappa shape index (κ1) is 20.8. The molecule has 0 unspecified atom stereocenters. The van der Waals surface area contributed by atoms with Crippen LogP contribution in [0.15, 0.2) is 24.7 Å². The van der Waals surface area contributed by atoms with Gasteiger partial charge in [-0.05, 0) is 32.5 Å². The highest BCUT2D eigenvalue weighted by Crippen LogP contribution is 2.43. The summed E-state index contributed by atoms with van der Waals surface area (Å²) in [6, 6.07) is 1.80. The third-order valence-electron chi connectivity index (χ3n) is 6.48. The van der Waals surface area contributed by atoms with Crippen LogP contribution in [-0.2, 0) is 4.79 Å². The molecule has 2 aliphatic rings. The number of fused-ring (bicyclic) bond motifs is 2. The van der Waals surface area contributed by atoms with E-state index in [9.17, 15) is 9.59 Å². The van der Waals surface area contributed by atoms with Gasteiger partial charge in [0.05, 0.1) is 6.20 Å². The largest absolute Gasteiger partial charge is 0.342 e. The number of nitrogens with zero attached hydrogens (tertiary/aromatic N) is 6. The van der Waals surface area contributed by atoms with Crippen molar-refractivity contribution in [1.82, 2.24) is 29.3 Å². The highest BCUT2D eigenvalue weighted by molar-refractivity contribution is 5.99. The van der Waals surface area contributed by atoms with Gasteiger partial charge in [-0.1, -0.05) is 13.8 Å². The summed E-state index contributed by atoms with van der Waals surface area (Å²) in [6.45, 7) is 7.96. The standard InChI is InChI=1S/C22H32N6O2/c1-16(2)6-7-19(29)26-11-17-12-27(15-22(17,14-26)13-25(3)4)21(30)18-10-24-28-9-5-8-23-20(18)28/h5,8-10,16-17H,6-7,11-15H2,1-4H3/t17-,22+/m1/s1. The number of amides is 2. The van der Waals surface area contributed by atoms with E-state index in [1.165, 1.54) is 0 Å². The molecule has 2 aromatic rings. The fourth-order valence-electron chi connectivity index (χ4n) is 5.10. The SMILES string of the molecule is CC(C)CCC(=O)N1C[C@@H]2CN(C(=O)c3cnn4cccnc34)C[C@]2(CN(C)C)C1. The Morgan fingerprint density at radius 3 is 2.70 bits per heavy atom. The quantitative estimate of drug-likeness (QED) is 0.721. The molecule has 8 nitrogen and oxygen atoms in total. The van der Waals surface area contributed by atoms with Crippen molar-refractivity contribution < 1.29 is 9.59 Å². The Morgan fingerprint density at radius 2 is 1.97 bits per heavy atom. The number of aromatic nitrogens is 3. The highest BCUT2D eigenvalue weighted by atomic mass is 16.2. The monoisotopic (exact) mass is 412 g/mol. The molecule has 2 saturated heterocycles. The van der Waals surface area contributed by atoms with Gasteiger partial charge in [0.1, 0.15) is 5.56 Å².